The summed E-state index contributed by atoms with van der Waals surface area (Å²) >= 11 is 5.99. The summed E-state index contributed by atoms with van der Waals surface area (Å²) in [4.78, 5) is 8.45. The third kappa shape index (κ3) is 2.43. The van der Waals surface area contributed by atoms with Crippen LogP contribution in [0.3, 0.4) is 0 Å². The van der Waals surface area contributed by atoms with E-state index in [9.17, 15) is 0 Å². The van der Waals surface area contributed by atoms with Gasteiger partial charge in [-0.05, 0) is 29.8 Å². The van der Waals surface area contributed by atoms with E-state index in [4.69, 9.17) is 22.1 Å². The molecule has 0 saturated carbocycles. The van der Waals surface area contributed by atoms with Crippen molar-refractivity contribution in [3.05, 3.63) is 59.4 Å². The van der Waals surface area contributed by atoms with E-state index in [1.54, 1.807) is 18.5 Å². The molecule has 0 bridgehead atoms. The van der Waals surface area contributed by atoms with Crippen molar-refractivity contribution in [2.24, 2.45) is 5.73 Å². The molecule has 3 aromatic rings. The summed E-state index contributed by atoms with van der Waals surface area (Å²) in [5, 5.41) is 1.47. The lowest BCUT2D eigenvalue weighted by Gasteiger charge is -2.09. The number of nitrogens with two attached hydrogens (primary N) is 1. The van der Waals surface area contributed by atoms with E-state index in [0.29, 0.717) is 23.2 Å². The lowest BCUT2D eigenvalue weighted by Crippen LogP contribution is -1.99. The van der Waals surface area contributed by atoms with Gasteiger partial charge in [-0.1, -0.05) is 17.7 Å². The van der Waals surface area contributed by atoms with Gasteiger partial charge in [0.25, 0.3) is 0 Å². The van der Waals surface area contributed by atoms with Crippen molar-refractivity contribution in [2.45, 2.75) is 6.54 Å². The van der Waals surface area contributed by atoms with Crippen molar-refractivity contribution in [2.75, 3.05) is 0 Å². The maximum atomic E-state index is 5.99. The van der Waals surface area contributed by atoms with E-state index in [1.807, 2.05) is 30.3 Å². The zero-order valence-corrected chi connectivity index (χ0v) is 11.3. The fourth-order valence-electron chi connectivity index (χ4n) is 1.95. The number of aromatic nitrogens is 2. The third-order valence-corrected chi connectivity index (χ3v) is 3.29. The Morgan fingerprint density at radius 1 is 1.15 bits per heavy atom. The molecule has 4 nitrogen and oxygen atoms in total. The van der Waals surface area contributed by atoms with Crippen LogP contribution in [-0.2, 0) is 6.54 Å². The summed E-state index contributed by atoms with van der Waals surface area (Å²) in [6.07, 6.45) is 3.29. The maximum Gasteiger partial charge on any atom is 0.219 e. The van der Waals surface area contributed by atoms with Crippen LogP contribution < -0.4 is 10.5 Å². The molecule has 2 N–H and O–H groups in total. The van der Waals surface area contributed by atoms with Crippen LogP contribution in [0.25, 0.3) is 10.9 Å². The average Bonchev–Trinajstić information content (AvgIpc) is 2.49. The summed E-state index contributed by atoms with van der Waals surface area (Å²) in [5.74, 6) is 1.17. The van der Waals surface area contributed by atoms with Crippen LogP contribution in [0, 0.1) is 0 Å². The summed E-state index contributed by atoms with van der Waals surface area (Å²) < 4.78 is 5.82. The fraction of sp³-hybridized carbons (Fsp3) is 0.0667. The Hall–Kier alpha value is -2.17. The van der Waals surface area contributed by atoms with Crippen LogP contribution in [-0.4, -0.2) is 9.97 Å². The maximum absolute atomic E-state index is 5.99. The minimum atomic E-state index is 0.342. The molecular weight excluding hydrogens is 274 g/mol. The van der Waals surface area contributed by atoms with Gasteiger partial charge in [-0.2, -0.15) is 0 Å². The van der Waals surface area contributed by atoms with Gasteiger partial charge in [-0.15, -0.1) is 0 Å². The number of ether oxygens (including phenoxy) is 1. The number of nitrogens with zero attached hydrogens (tertiary/aromatic N) is 2. The molecule has 0 radical (unpaired) electrons. The van der Waals surface area contributed by atoms with E-state index in [0.717, 1.165) is 16.5 Å². The molecule has 0 atom stereocenters. The number of hydrogen-bond acceptors (Lipinski definition) is 4. The van der Waals surface area contributed by atoms with E-state index >= 15 is 0 Å². The predicted octanol–water partition coefficient (Wildman–Crippen LogP) is 3.53. The summed E-state index contributed by atoms with van der Waals surface area (Å²) in [5.41, 5.74) is 7.30. The second-order valence-electron chi connectivity index (χ2n) is 4.25. The molecule has 1 aromatic carbocycles. The van der Waals surface area contributed by atoms with Crippen LogP contribution in [0.5, 0.6) is 11.6 Å². The van der Waals surface area contributed by atoms with Crippen molar-refractivity contribution in [1.82, 2.24) is 9.97 Å². The molecule has 0 unspecified atom stereocenters. The van der Waals surface area contributed by atoms with E-state index in [2.05, 4.69) is 9.97 Å². The topological polar surface area (TPSA) is 61.0 Å². The first-order valence-corrected chi connectivity index (χ1v) is 6.52. The van der Waals surface area contributed by atoms with E-state index < -0.39 is 0 Å². The summed E-state index contributed by atoms with van der Waals surface area (Å²) in [7, 11) is 0. The Labute approximate surface area is 121 Å². The Kier molecular flexibility index (Phi) is 3.50. The van der Waals surface area contributed by atoms with Gasteiger partial charge in [0, 0.05) is 30.4 Å². The van der Waals surface area contributed by atoms with Crippen LogP contribution in [0.4, 0.5) is 0 Å². The Morgan fingerprint density at radius 3 is 2.90 bits per heavy atom. The molecule has 5 heteroatoms. The molecule has 0 fully saturated rings. The first-order valence-electron chi connectivity index (χ1n) is 6.14. The van der Waals surface area contributed by atoms with Gasteiger partial charge in [-0.25, -0.2) is 4.98 Å². The highest BCUT2D eigenvalue weighted by atomic mass is 35.5. The zero-order valence-electron chi connectivity index (χ0n) is 10.6. The van der Waals surface area contributed by atoms with E-state index in [1.165, 1.54) is 0 Å². The lowest BCUT2D eigenvalue weighted by molar-refractivity contribution is 0.467. The highest BCUT2D eigenvalue weighted by Gasteiger charge is 2.07. The SMILES string of the molecule is NCc1cc(Oc2cccc3ncccc23)ncc1Cl. The molecule has 0 spiro atoms. The largest absolute Gasteiger partial charge is 0.438 e. The molecule has 20 heavy (non-hydrogen) atoms. The minimum absolute atomic E-state index is 0.342. The van der Waals surface area contributed by atoms with Crippen molar-refractivity contribution in [1.29, 1.82) is 0 Å². The summed E-state index contributed by atoms with van der Waals surface area (Å²) in [6.45, 7) is 0.342. The Balaban J connectivity index is 2.01. The number of pyridine rings is 2. The van der Waals surface area contributed by atoms with Gasteiger partial charge >= 0.3 is 0 Å². The third-order valence-electron chi connectivity index (χ3n) is 2.95. The second kappa shape index (κ2) is 5.45. The number of fused-ring (bicyclic) bond motifs is 1. The number of rotatable bonds is 3. The van der Waals surface area contributed by atoms with Gasteiger partial charge in [0.15, 0.2) is 0 Å². The molecule has 3 rings (SSSR count). The molecule has 0 aliphatic carbocycles. The van der Waals surface area contributed by atoms with Gasteiger partial charge in [0.1, 0.15) is 5.75 Å². The number of benzene rings is 1. The summed E-state index contributed by atoms with van der Waals surface area (Å²) in [6, 6.07) is 11.3. The standard InChI is InChI=1S/C15H12ClN3O/c16-12-9-19-15(7-10(12)8-17)20-14-5-1-4-13-11(14)3-2-6-18-13/h1-7,9H,8,17H2. The average molecular weight is 286 g/mol. The molecule has 0 amide bonds. The fourth-order valence-corrected chi connectivity index (χ4v) is 2.13. The first kappa shape index (κ1) is 12.8. The Bertz CT molecular complexity index is 756. The van der Waals surface area contributed by atoms with Crippen molar-refractivity contribution in [3.63, 3.8) is 0 Å². The van der Waals surface area contributed by atoms with E-state index in [-0.39, 0.29) is 0 Å². The molecule has 100 valence electrons. The second-order valence-corrected chi connectivity index (χ2v) is 4.65. The Morgan fingerprint density at radius 2 is 2.05 bits per heavy atom. The van der Waals surface area contributed by atoms with Crippen molar-refractivity contribution >= 4 is 22.5 Å². The highest BCUT2D eigenvalue weighted by Crippen LogP contribution is 2.29. The first-order chi connectivity index (χ1) is 9.78. The van der Waals surface area contributed by atoms with Gasteiger partial charge in [0.2, 0.25) is 5.88 Å². The van der Waals surface area contributed by atoms with Crippen LogP contribution >= 0.6 is 11.6 Å². The van der Waals surface area contributed by atoms with Crippen molar-refractivity contribution in [3.8, 4) is 11.6 Å². The smallest absolute Gasteiger partial charge is 0.219 e. The van der Waals surface area contributed by atoms with Crippen molar-refractivity contribution < 1.29 is 4.74 Å². The normalized spacial score (nSPS) is 10.7. The number of hydrogen-bond donors (Lipinski definition) is 1. The molecular formula is C15H12ClN3O. The zero-order chi connectivity index (χ0) is 13.9. The highest BCUT2D eigenvalue weighted by molar-refractivity contribution is 6.31. The van der Waals surface area contributed by atoms with Gasteiger partial charge < -0.3 is 10.5 Å². The van der Waals surface area contributed by atoms with Crippen LogP contribution in [0.2, 0.25) is 5.02 Å². The molecule has 2 aromatic heterocycles. The number of halogens is 1. The molecule has 2 heterocycles. The monoisotopic (exact) mass is 285 g/mol. The molecule has 0 saturated heterocycles. The minimum Gasteiger partial charge on any atom is -0.438 e. The molecule has 0 aliphatic rings. The van der Waals surface area contributed by atoms with Crippen LogP contribution in [0.1, 0.15) is 5.56 Å². The van der Waals surface area contributed by atoms with Gasteiger partial charge in [0.05, 0.1) is 10.5 Å². The quantitative estimate of drug-likeness (QED) is 0.799. The van der Waals surface area contributed by atoms with Gasteiger partial charge in [-0.3, -0.25) is 4.98 Å². The van der Waals surface area contributed by atoms with Crippen LogP contribution in [0.15, 0.2) is 48.8 Å². The molecule has 0 aliphatic heterocycles. The predicted molar refractivity (Wildman–Crippen MR) is 79.0 cm³/mol. The lowest BCUT2D eigenvalue weighted by atomic mass is 10.2.